The number of carboxylic acid groups (broad SMARTS) is 1. The van der Waals surface area contributed by atoms with Gasteiger partial charge in [-0.1, -0.05) is 6.07 Å². The zero-order valence-corrected chi connectivity index (χ0v) is 9.42. The Balaban J connectivity index is 2.22. The monoisotopic (exact) mass is 235 g/mol. The largest absolute Gasteiger partial charge is 0.497 e. The van der Waals surface area contributed by atoms with E-state index in [0.717, 1.165) is 0 Å². The Morgan fingerprint density at radius 2 is 2.29 bits per heavy atom. The number of carbonyl (C=O) groups is 2. The molecule has 0 radical (unpaired) electrons. The first-order chi connectivity index (χ1) is 8.11. The van der Waals surface area contributed by atoms with E-state index in [0.29, 0.717) is 11.4 Å². The van der Waals surface area contributed by atoms with Crippen molar-refractivity contribution in [1.29, 1.82) is 0 Å². The number of aliphatic carboxylic acids is 1. The van der Waals surface area contributed by atoms with Crippen LogP contribution in [0.4, 0.5) is 5.69 Å². The molecule has 90 valence electrons. The predicted octanol–water partition coefficient (Wildman–Crippen LogP) is 1.13. The second-order valence-corrected chi connectivity index (χ2v) is 3.95. The molecule has 1 aromatic rings. The van der Waals surface area contributed by atoms with E-state index in [-0.39, 0.29) is 18.9 Å². The maximum absolute atomic E-state index is 11.7. The van der Waals surface area contributed by atoms with Crippen molar-refractivity contribution < 1.29 is 19.4 Å². The van der Waals surface area contributed by atoms with Crippen LogP contribution < -0.4 is 9.64 Å². The Morgan fingerprint density at radius 3 is 2.88 bits per heavy atom. The summed E-state index contributed by atoms with van der Waals surface area (Å²) >= 11 is 0. The van der Waals surface area contributed by atoms with Crippen LogP contribution in [0.3, 0.4) is 0 Å². The topological polar surface area (TPSA) is 66.8 Å². The van der Waals surface area contributed by atoms with E-state index in [4.69, 9.17) is 9.84 Å². The van der Waals surface area contributed by atoms with Crippen molar-refractivity contribution >= 4 is 17.6 Å². The fourth-order valence-corrected chi connectivity index (χ4v) is 1.90. The van der Waals surface area contributed by atoms with Crippen LogP contribution in [0.1, 0.15) is 6.42 Å². The summed E-state index contributed by atoms with van der Waals surface area (Å²) in [6.45, 7) is 0.224. The lowest BCUT2D eigenvalue weighted by molar-refractivity contribution is -0.141. The number of nitrogens with zero attached hydrogens (tertiary/aromatic N) is 1. The molecule has 0 saturated carbocycles. The van der Waals surface area contributed by atoms with Crippen LogP contribution in [0.5, 0.6) is 5.75 Å². The minimum Gasteiger partial charge on any atom is -0.497 e. The van der Waals surface area contributed by atoms with Crippen LogP contribution in [-0.2, 0) is 9.59 Å². The normalized spacial score (nSPS) is 19.5. The third kappa shape index (κ3) is 2.22. The number of methoxy groups -OCH3 is 1. The number of hydrogen-bond acceptors (Lipinski definition) is 3. The van der Waals surface area contributed by atoms with Crippen LogP contribution in [0.15, 0.2) is 24.3 Å². The zero-order chi connectivity index (χ0) is 12.4. The van der Waals surface area contributed by atoms with Crippen LogP contribution >= 0.6 is 0 Å². The van der Waals surface area contributed by atoms with Crippen molar-refractivity contribution in [3.8, 4) is 5.75 Å². The Hall–Kier alpha value is -2.04. The quantitative estimate of drug-likeness (QED) is 0.852. The Bertz CT molecular complexity index is 458. The molecule has 1 aromatic carbocycles. The molecule has 1 N–H and O–H groups in total. The smallest absolute Gasteiger partial charge is 0.308 e. The van der Waals surface area contributed by atoms with Crippen molar-refractivity contribution in [3.05, 3.63) is 24.3 Å². The standard InChI is InChI=1S/C12H13NO4/c1-17-10-4-2-3-9(6-10)13-7-8(12(15)16)5-11(13)14/h2-4,6,8H,5,7H2,1H3,(H,15,16)/t8-/m1/s1. The fraction of sp³-hybridized carbons (Fsp3) is 0.333. The first-order valence-electron chi connectivity index (χ1n) is 5.29. The highest BCUT2D eigenvalue weighted by Crippen LogP contribution is 2.27. The summed E-state index contributed by atoms with van der Waals surface area (Å²) in [4.78, 5) is 24.0. The number of rotatable bonds is 3. The van der Waals surface area contributed by atoms with Gasteiger partial charge in [0.1, 0.15) is 5.75 Å². The van der Waals surface area contributed by atoms with Crippen LogP contribution in [0, 0.1) is 5.92 Å². The van der Waals surface area contributed by atoms with Crippen molar-refractivity contribution in [3.63, 3.8) is 0 Å². The highest BCUT2D eigenvalue weighted by atomic mass is 16.5. The highest BCUT2D eigenvalue weighted by molar-refractivity contribution is 5.99. The number of amides is 1. The first-order valence-corrected chi connectivity index (χ1v) is 5.29. The molecule has 1 aliphatic heterocycles. The summed E-state index contributed by atoms with van der Waals surface area (Å²) in [5, 5.41) is 8.89. The van der Waals surface area contributed by atoms with Gasteiger partial charge < -0.3 is 14.7 Å². The molecule has 1 aliphatic rings. The van der Waals surface area contributed by atoms with Crippen molar-refractivity contribution in [2.45, 2.75) is 6.42 Å². The molecule has 1 atom stereocenters. The van der Waals surface area contributed by atoms with E-state index in [1.54, 1.807) is 31.4 Å². The summed E-state index contributed by atoms with van der Waals surface area (Å²) in [5.41, 5.74) is 0.679. The SMILES string of the molecule is COc1cccc(N2C[C@H](C(=O)O)CC2=O)c1. The van der Waals surface area contributed by atoms with Crippen molar-refractivity contribution in [2.75, 3.05) is 18.6 Å². The molecule has 1 amide bonds. The zero-order valence-electron chi connectivity index (χ0n) is 9.42. The van der Waals surface area contributed by atoms with Gasteiger partial charge in [0.05, 0.1) is 13.0 Å². The average molecular weight is 235 g/mol. The lowest BCUT2D eigenvalue weighted by Gasteiger charge is -2.16. The number of benzene rings is 1. The van der Waals surface area contributed by atoms with E-state index >= 15 is 0 Å². The van der Waals surface area contributed by atoms with Gasteiger partial charge in [0, 0.05) is 24.7 Å². The van der Waals surface area contributed by atoms with Gasteiger partial charge in [-0.2, -0.15) is 0 Å². The molecule has 1 heterocycles. The number of carbonyl (C=O) groups excluding carboxylic acids is 1. The van der Waals surface area contributed by atoms with E-state index < -0.39 is 11.9 Å². The lowest BCUT2D eigenvalue weighted by atomic mass is 10.1. The van der Waals surface area contributed by atoms with Crippen LogP contribution in [0.25, 0.3) is 0 Å². The summed E-state index contributed by atoms with van der Waals surface area (Å²) in [6.07, 6.45) is 0.0620. The molecule has 5 nitrogen and oxygen atoms in total. The molecule has 1 saturated heterocycles. The van der Waals surface area contributed by atoms with Gasteiger partial charge in [-0.25, -0.2) is 0 Å². The number of hydrogen-bond donors (Lipinski definition) is 1. The van der Waals surface area contributed by atoms with Crippen molar-refractivity contribution in [1.82, 2.24) is 0 Å². The predicted molar refractivity (Wildman–Crippen MR) is 61.1 cm³/mol. The number of anilines is 1. The third-order valence-corrected chi connectivity index (χ3v) is 2.84. The molecule has 2 rings (SSSR count). The van der Waals surface area contributed by atoms with E-state index in [1.165, 1.54) is 4.90 Å². The first kappa shape index (κ1) is 11.4. The summed E-state index contributed by atoms with van der Waals surface area (Å²) in [5.74, 6) is -1.06. The minimum absolute atomic E-state index is 0.0620. The van der Waals surface area contributed by atoms with E-state index in [2.05, 4.69) is 0 Å². The van der Waals surface area contributed by atoms with Crippen LogP contribution in [0.2, 0.25) is 0 Å². The molecule has 0 unspecified atom stereocenters. The maximum atomic E-state index is 11.7. The number of ether oxygens (including phenoxy) is 1. The summed E-state index contributed by atoms with van der Waals surface area (Å²) in [7, 11) is 1.55. The fourth-order valence-electron chi connectivity index (χ4n) is 1.90. The van der Waals surface area contributed by atoms with Gasteiger partial charge in [0.15, 0.2) is 0 Å². The Morgan fingerprint density at radius 1 is 1.53 bits per heavy atom. The minimum atomic E-state index is -0.927. The molecule has 1 fully saturated rings. The average Bonchev–Trinajstić information content (AvgIpc) is 2.72. The van der Waals surface area contributed by atoms with E-state index in [9.17, 15) is 9.59 Å². The summed E-state index contributed by atoms with van der Waals surface area (Å²) in [6, 6.07) is 7.04. The maximum Gasteiger partial charge on any atom is 0.308 e. The Labute approximate surface area is 98.6 Å². The van der Waals surface area contributed by atoms with Gasteiger partial charge in [0.2, 0.25) is 5.91 Å². The highest BCUT2D eigenvalue weighted by Gasteiger charge is 2.35. The molecule has 0 aliphatic carbocycles. The van der Waals surface area contributed by atoms with Gasteiger partial charge in [-0.15, -0.1) is 0 Å². The number of carboxylic acids is 1. The van der Waals surface area contributed by atoms with Gasteiger partial charge in [-0.3, -0.25) is 9.59 Å². The lowest BCUT2D eigenvalue weighted by Crippen LogP contribution is -2.25. The van der Waals surface area contributed by atoms with E-state index in [1.807, 2.05) is 0 Å². The van der Waals surface area contributed by atoms with Gasteiger partial charge >= 0.3 is 5.97 Å². The third-order valence-electron chi connectivity index (χ3n) is 2.84. The van der Waals surface area contributed by atoms with Gasteiger partial charge in [-0.05, 0) is 12.1 Å². The molecule has 0 bridgehead atoms. The second-order valence-electron chi connectivity index (χ2n) is 3.95. The van der Waals surface area contributed by atoms with Crippen LogP contribution in [-0.4, -0.2) is 30.6 Å². The molecule has 17 heavy (non-hydrogen) atoms. The Kier molecular flexibility index (Phi) is 2.99. The van der Waals surface area contributed by atoms with Gasteiger partial charge in [0.25, 0.3) is 0 Å². The molecular formula is C12H13NO4. The molecular weight excluding hydrogens is 222 g/mol. The second kappa shape index (κ2) is 4.45. The molecule has 5 heteroatoms. The molecule has 0 aromatic heterocycles. The molecule has 0 spiro atoms. The van der Waals surface area contributed by atoms with Crippen molar-refractivity contribution in [2.24, 2.45) is 5.92 Å². The summed E-state index contributed by atoms with van der Waals surface area (Å²) < 4.78 is 5.07.